The molecule has 0 fully saturated rings. The van der Waals surface area contributed by atoms with Crippen LogP contribution in [0.4, 0.5) is 0 Å². The summed E-state index contributed by atoms with van der Waals surface area (Å²) in [5.41, 5.74) is 1.23. The van der Waals surface area contributed by atoms with E-state index in [1.165, 1.54) is 18.4 Å². The van der Waals surface area contributed by atoms with Crippen molar-refractivity contribution >= 4 is 33.7 Å². The molecule has 1 aliphatic heterocycles. The molecule has 0 spiro atoms. The summed E-state index contributed by atoms with van der Waals surface area (Å²) in [6.45, 7) is 0. The fourth-order valence-corrected chi connectivity index (χ4v) is 2.84. The van der Waals surface area contributed by atoms with Gasteiger partial charge >= 0.3 is 0 Å². The average molecular weight is 307 g/mol. The second kappa shape index (κ2) is 4.98. The molecule has 0 saturated carbocycles. The first-order chi connectivity index (χ1) is 11.1. The Bertz CT molecular complexity index is 1060. The van der Waals surface area contributed by atoms with Crippen LogP contribution in [-0.2, 0) is 0 Å². The summed E-state index contributed by atoms with van der Waals surface area (Å²) in [7, 11) is 0. The Morgan fingerprint density at radius 1 is 1.09 bits per heavy atom. The first kappa shape index (κ1) is 13.6. The number of aliphatic imine (C=N–C) groups is 1. The zero-order chi connectivity index (χ0) is 16.0. The summed E-state index contributed by atoms with van der Waals surface area (Å²) in [5, 5.41) is 21.0. The van der Waals surface area contributed by atoms with Crippen molar-refractivity contribution in [3.63, 3.8) is 0 Å². The molecule has 3 aromatic rings. The van der Waals surface area contributed by atoms with Crippen LogP contribution in [0.15, 0.2) is 50.8 Å². The molecule has 0 amide bonds. The molecular formula is C18H13NO4. The zero-order valence-electron chi connectivity index (χ0n) is 12.1. The maximum atomic E-state index is 12.9. The van der Waals surface area contributed by atoms with Crippen LogP contribution in [0.3, 0.4) is 0 Å². The zero-order valence-corrected chi connectivity index (χ0v) is 12.1. The highest BCUT2D eigenvalue weighted by atomic mass is 16.3. The summed E-state index contributed by atoms with van der Waals surface area (Å²) in [4.78, 5) is 17.2. The smallest absolute Gasteiger partial charge is 0.202 e. The van der Waals surface area contributed by atoms with E-state index in [2.05, 4.69) is 4.99 Å². The van der Waals surface area contributed by atoms with Crippen molar-refractivity contribution in [2.24, 2.45) is 4.99 Å². The highest BCUT2D eigenvalue weighted by Crippen LogP contribution is 2.33. The van der Waals surface area contributed by atoms with Gasteiger partial charge in [0, 0.05) is 11.6 Å². The fraction of sp³-hybridized carbons (Fsp3) is 0.111. The number of rotatable bonds is 1. The van der Waals surface area contributed by atoms with E-state index in [9.17, 15) is 15.0 Å². The van der Waals surface area contributed by atoms with Crippen LogP contribution in [0.25, 0.3) is 27.4 Å². The molecule has 0 atom stereocenters. The van der Waals surface area contributed by atoms with Gasteiger partial charge in [-0.05, 0) is 36.4 Å². The van der Waals surface area contributed by atoms with Crippen LogP contribution in [0, 0.1) is 0 Å². The maximum absolute atomic E-state index is 12.9. The normalized spacial score (nSPS) is 14.3. The second-order valence-corrected chi connectivity index (χ2v) is 5.46. The van der Waals surface area contributed by atoms with E-state index in [-0.39, 0.29) is 16.9 Å². The van der Waals surface area contributed by atoms with Gasteiger partial charge in [0.1, 0.15) is 11.8 Å². The largest absolute Gasteiger partial charge is 0.504 e. The van der Waals surface area contributed by atoms with Gasteiger partial charge in [0.2, 0.25) is 5.43 Å². The number of hydrogen-bond donors (Lipinski definition) is 2. The lowest BCUT2D eigenvalue weighted by Gasteiger charge is -2.08. The van der Waals surface area contributed by atoms with Gasteiger partial charge in [0.15, 0.2) is 11.5 Å². The van der Waals surface area contributed by atoms with E-state index in [4.69, 9.17) is 4.42 Å². The standard InChI is InChI=1S/C18H13NO4/c20-14-7-10-4-5-16-17(11(10)8-15(14)21)18(22)12(9-23-16)13-3-1-2-6-19-13/h3-9,20-21H,1-2H2. The van der Waals surface area contributed by atoms with E-state index in [0.29, 0.717) is 33.0 Å². The third-order valence-corrected chi connectivity index (χ3v) is 3.99. The van der Waals surface area contributed by atoms with E-state index >= 15 is 0 Å². The van der Waals surface area contributed by atoms with E-state index in [1.807, 2.05) is 6.08 Å². The Balaban J connectivity index is 2.10. The summed E-state index contributed by atoms with van der Waals surface area (Å²) in [6.07, 6.45) is 6.81. The fourth-order valence-electron chi connectivity index (χ4n) is 2.84. The van der Waals surface area contributed by atoms with Gasteiger partial charge in [-0.2, -0.15) is 0 Å². The molecule has 23 heavy (non-hydrogen) atoms. The molecule has 1 aromatic heterocycles. The van der Waals surface area contributed by atoms with Crippen molar-refractivity contribution in [2.45, 2.75) is 12.8 Å². The van der Waals surface area contributed by atoms with Gasteiger partial charge < -0.3 is 14.6 Å². The minimum atomic E-state index is -0.273. The van der Waals surface area contributed by atoms with Crippen LogP contribution < -0.4 is 5.43 Å². The lowest BCUT2D eigenvalue weighted by Crippen LogP contribution is -2.09. The van der Waals surface area contributed by atoms with E-state index in [1.54, 1.807) is 18.3 Å². The molecule has 2 N–H and O–H groups in total. The van der Waals surface area contributed by atoms with Crippen molar-refractivity contribution in [2.75, 3.05) is 0 Å². The van der Waals surface area contributed by atoms with E-state index in [0.717, 1.165) is 12.8 Å². The van der Waals surface area contributed by atoms with Crippen molar-refractivity contribution in [1.29, 1.82) is 0 Å². The number of phenols is 2. The Kier molecular flexibility index (Phi) is 2.94. The molecule has 114 valence electrons. The number of hydrogen-bond acceptors (Lipinski definition) is 5. The molecule has 0 aliphatic carbocycles. The number of aromatic hydroxyl groups is 2. The molecule has 1 aliphatic rings. The lowest BCUT2D eigenvalue weighted by molar-refractivity contribution is 0.405. The van der Waals surface area contributed by atoms with Crippen molar-refractivity contribution in [3.05, 3.63) is 52.4 Å². The number of fused-ring (bicyclic) bond motifs is 3. The SMILES string of the molecule is O=c1c(C2=CCCC=N2)coc2ccc3cc(O)c(O)cc3c12. The first-order valence-corrected chi connectivity index (χ1v) is 7.28. The molecule has 2 aromatic carbocycles. The van der Waals surface area contributed by atoms with Crippen LogP contribution >= 0.6 is 0 Å². The minimum Gasteiger partial charge on any atom is -0.504 e. The maximum Gasteiger partial charge on any atom is 0.202 e. The van der Waals surface area contributed by atoms with Gasteiger partial charge in [-0.1, -0.05) is 12.1 Å². The average Bonchev–Trinajstić information content (AvgIpc) is 2.57. The number of benzene rings is 2. The van der Waals surface area contributed by atoms with Crippen LogP contribution in [0.5, 0.6) is 11.5 Å². The Labute approximate surface area is 130 Å². The Morgan fingerprint density at radius 2 is 1.91 bits per heavy atom. The third kappa shape index (κ3) is 2.09. The number of nitrogens with zero attached hydrogens (tertiary/aromatic N) is 1. The summed E-state index contributed by atoms with van der Waals surface area (Å²) < 4.78 is 5.60. The summed E-state index contributed by atoms with van der Waals surface area (Å²) in [5.74, 6) is -0.498. The molecule has 2 heterocycles. The highest BCUT2D eigenvalue weighted by molar-refractivity contribution is 6.07. The topological polar surface area (TPSA) is 83.0 Å². The van der Waals surface area contributed by atoms with Crippen LogP contribution in [0.2, 0.25) is 0 Å². The lowest BCUT2D eigenvalue weighted by atomic mass is 10.0. The summed E-state index contributed by atoms with van der Waals surface area (Å²) in [6, 6.07) is 6.22. The minimum absolute atomic E-state index is 0.202. The first-order valence-electron chi connectivity index (χ1n) is 7.28. The molecule has 0 radical (unpaired) electrons. The van der Waals surface area contributed by atoms with E-state index < -0.39 is 0 Å². The van der Waals surface area contributed by atoms with Crippen LogP contribution in [0.1, 0.15) is 18.4 Å². The molecule has 5 heteroatoms. The Morgan fingerprint density at radius 3 is 2.70 bits per heavy atom. The third-order valence-electron chi connectivity index (χ3n) is 3.99. The van der Waals surface area contributed by atoms with Crippen molar-refractivity contribution < 1.29 is 14.6 Å². The Hall–Kier alpha value is -3.08. The molecule has 0 unspecified atom stereocenters. The van der Waals surface area contributed by atoms with Gasteiger partial charge in [-0.15, -0.1) is 0 Å². The highest BCUT2D eigenvalue weighted by Gasteiger charge is 2.15. The van der Waals surface area contributed by atoms with Gasteiger partial charge in [0.25, 0.3) is 0 Å². The van der Waals surface area contributed by atoms with Crippen LogP contribution in [-0.4, -0.2) is 16.4 Å². The number of allylic oxidation sites excluding steroid dienone is 1. The van der Waals surface area contributed by atoms with Crippen molar-refractivity contribution in [1.82, 2.24) is 0 Å². The quantitative estimate of drug-likeness (QED) is 0.532. The van der Waals surface area contributed by atoms with Gasteiger partial charge in [-0.25, -0.2) is 0 Å². The molecular weight excluding hydrogens is 294 g/mol. The molecule has 5 nitrogen and oxygen atoms in total. The molecule has 0 saturated heterocycles. The van der Waals surface area contributed by atoms with Gasteiger partial charge in [0.05, 0.1) is 16.6 Å². The van der Waals surface area contributed by atoms with Crippen molar-refractivity contribution in [3.8, 4) is 11.5 Å². The predicted octanol–water partition coefficient (Wildman–Crippen LogP) is 3.56. The molecule has 0 bridgehead atoms. The monoisotopic (exact) mass is 307 g/mol. The second-order valence-electron chi connectivity index (χ2n) is 5.46. The summed E-state index contributed by atoms with van der Waals surface area (Å²) >= 11 is 0. The van der Waals surface area contributed by atoms with Gasteiger partial charge in [-0.3, -0.25) is 9.79 Å². The molecule has 4 rings (SSSR count). The predicted molar refractivity (Wildman–Crippen MR) is 89.0 cm³/mol. The number of phenolic OH excluding ortho intramolecular Hbond substituents is 2.